The van der Waals surface area contributed by atoms with Gasteiger partial charge in [-0.2, -0.15) is 0 Å². The van der Waals surface area contributed by atoms with Crippen LogP contribution in [0.15, 0.2) is 52.9 Å². The van der Waals surface area contributed by atoms with Crippen LogP contribution in [0.2, 0.25) is 0 Å². The first kappa shape index (κ1) is 17.6. The molecule has 0 spiro atoms. The number of para-hydroxylation sites is 1. The maximum absolute atomic E-state index is 13.0. The van der Waals surface area contributed by atoms with Crippen molar-refractivity contribution in [3.63, 3.8) is 0 Å². The molecule has 6 heteroatoms. The summed E-state index contributed by atoms with van der Waals surface area (Å²) in [6.45, 7) is 1.93. The molecule has 2 heterocycles. The molecule has 0 saturated heterocycles. The molecule has 2 aromatic heterocycles. The van der Waals surface area contributed by atoms with Crippen LogP contribution in [-0.4, -0.2) is 21.2 Å². The summed E-state index contributed by atoms with van der Waals surface area (Å²) in [7, 11) is 0. The first-order valence-electron chi connectivity index (χ1n) is 9.66. The lowest BCUT2D eigenvalue weighted by atomic mass is 10.0. The second-order valence-corrected chi connectivity index (χ2v) is 7.23. The molecule has 0 saturated carbocycles. The molecule has 4 aromatic rings. The van der Waals surface area contributed by atoms with Crippen molar-refractivity contribution in [3.8, 4) is 11.5 Å². The van der Waals surface area contributed by atoms with E-state index in [2.05, 4.69) is 10.2 Å². The van der Waals surface area contributed by atoms with E-state index in [-0.39, 0.29) is 18.5 Å². The summed E-state index contributed by atoms with van der Waals surface area (Å²) in [6.07, 6.45) is 2.74. The largest absolute Gasteiger partial charge is 0.452 e. The van der Waals surface area contributed by atoms with E-state index in [4.69, 9.17) is 14.1 Å². The van der Waals surface area contributed by atoms with Crippen LogP contribution in [-0.2, 0) is 24.2 Å². The van der Waals surface area contributed by atoms with Gasteiger partial charge in [-0.15, -0.1) is 10.2 Å². The zero-order valence-electron chi connectivity index (χ0n) is 16.0. The SMILES string of the molecule is Cc1cccc(-c2nnc(COC(=O)c3c4c(nc5ccccc35)CCC4)o2)c1. The van der Waals surface area contributed by atoms with E-state index >= 15 is 0 Å². The summed E-state index contributed by atoms with van der Waals surface area (Å²) in [5.74, 6) is 0.303. The average Bonchev–Trinajstić information content (AvgIpc) is 3.39. The Morgan fingerprint density at radius 1 is 1.10 bits per heavy atom. The molecule has 144 valence electrons. The third-order valence-electron chi connectivity index (χ3n) is 5.18. The number of aromatic nitrogens is 3. The molecule has 0 fully saturated rings. The van der Waals surface area contributed by atoms with Crippen molar-refractivity contribution in [1.29, 1.82) is 0 Å². The smallest absolute Gasteiger partial charge is 0.339 e. The molecule has 2 aromatic carbocycles. The summed E-state index contributed by atoms with van der Waals surface area (Å²) in [6, 6.07) is 15.5. The first-order chi connectivity index (χ1) is 14.2. The van der Waals surface area contributed by atoms with Gasteiger partial charge in [0.1, 0.15) is 0 Å². The molecule has 1 aliphatic carbocycles. The Hall–Kier alpha value is -3.54. The highest BCUT2D eigenvalue weighted by Crippen LogP contribution is 2.30. The molecule has 0 N–H and O–H groups in total. The molecule has 0 aliphatic heterocycles. The number of carbonyl (C=O) groups is 1. The van der Waals surface area contributed by atoms with Gasteiger partial charge in [0.25, 0.3) is 5.89 Å². The van der Waals surface area contributed by atoms with Gasteiger partial charge >= 0.3 is 5.97 Å². The quantitative estimate of drug-likeness (QED) is 0.483. The van der Waals surface area contributed by atoms with Crippen LogP contribution in [0, 0.1) is 6.92 Å². The average molecular weight is 385 g/mol. The van der Waals surface area contributed by atoms with Crippen LogP contribution in [0.4, 0.5) is 0 Å². The molecule has 29 heavy (non-hydrogen) atoms. The van der Waals surface area contributed by atoms with E-state index in [9.17, 15) is 4.79 Å². The van der Waals surface area contributed by atoms with Crippen LogP contribution < -0.4 is 0 Å². The normalized spacial score (nSPS) is 12.9. The minimum absolute atomic E-state index is 0.0664. The van der Waals surface area contributed by atoms with Crippen molar-refractivity contribution >= 4 is 16.9 Å². The number of nitrogens with zero attached hydrogens (tertiary/aromatic N) is 3. The number of hydrogen-bond acceptors (Lipinski definition) is 6. The van der Waals surface area contributed by atoms with Crippen molar-refractivity contribution in [2.24, 2.45) is 0 Å². The number of fused-ring (bicyclic) bond motifs is 2. The lowest BCUT2D eigenvalue weighted by Gasteiger charge is -2.11. The van der Waals surface area contributed by atoms with E-state index < -0.39 is 0 Å². The number of pyridine rings is 1. The van der Waals surface area contributed by atoms with E-state index in [1.807, 2.05) is 55.5 Å². The summed E-state index contributed by atoms with van der Waals surface area (Å²) in [4.78, 5) is 17.7. The molecule has 0 unspecified atom stereocenters. The van der Waals surface area contributed by atoms with Gasteiger partial charge in [0.05, 0.1) is 11.1 Å². The Labute approximate surface area is 167 Å². The highest BCUT2D eigenvalue weighted by molar-refractivity contribution is 6.05. The molecular formula is C23H19N3O3. The summed E-state index contributed by atoms with van der Waals surface area (Å²) in [5, 5.41) is 8.91. The Morgan fingerprint density at radius 2 is 2.00 bits per heavy atom. The van der Waals surface area contributed by atoms with Crippen molar-refractivity contribution < 1.29 is 13.9 Å². The van der Waals surface area contributed by atoms with Crippen LogP contribution in [0.1, 0.15) is 39.5 Å². The maximum atomic E-state index is 13.0. The highest BCUT2D eigenvalue weighted by atomic mass is 16.5. The number of rotatable bonds is 4. The van der Waals surface area contributed by atoms with Crippen LogP contribution in [0.25, 0.3) is 22.4 Å². The first-order valence-corrected chi connectivity index (χ1v) is 9.66. The van der Waals surface area contributed by atoms with Gasteiger partial charge in [-0.3, -0.25) is 4.98 Å². The lowest BCUT2D eigenvalue weighted by Crippen LogP contribution is -2.10. The van der Waals surface area contributed by atoms with Crippen molar-refractivity contribution in [2.45, 2.75) is 32.8 Å². The molecule has 0 radical (unpaired) electrons. The number of benzene rings is 2. The van der Waals surface area contributed by atoms with Gasteiger partial charge in [0.2, 0.25) is 5.89 Å². The minimum Gasteiger partial charge on any atom is -0.452 e. The molecular weight excluding hydrogens is 366 g/mol. The second kappa shape index (κ2) is 7.13. The van der Waals surface area contributed by atoms with Crippen LogP contribution in [0.5, 0.6) is 0 Å². The van der Waals surface area contributed by atoms with Crippen molar-refractivity contribution in [3.05, 3.63) is 76.8 Å². The van der Waals surface area contributed by atoms with Crippen LogP contribution >= 0.6 is 0 Å². The zero-order chi connectivity index (χ0) is 19.8. The summed E-state index contributed by atoms with van der Waals surface area (Å²) >= 11 is 0. The summed E-state index contributed by atoms with van der Waals surface area (Å²) < 4.78 is 11.2. The number of carbonyl (C=O) groups excluding carboxylic acids is 1. The minimum atomic E-state index is -0.378. The highest BCUT2D eigenvalue weighted by Gasteiger charge is 2.25. The molecule has 0 atom stereocenters. The molecule has 0 bridgehead atoms. The lowest BCUT2D eigenvalue weighted by molar-refractivity contribution is 0.0440. The molecule has 5 rings (SSSR count). The third-order valence-corrected chi connectivity index (χ3v) is 5.18. The van der Waals surface area contributed by atoms with Gasteiger partial charge < -0.3 is 9.15 Å². The number of aryl methyl sites for hydroxylation is 2. The van der Waals surface area contributed by atoms with Crippen molar-refractivity contribution in [1.82, 2.24) is 15.2 Å². The number of esters is 1. The summed E-state index contributed by atoms with van der Waals surface area (Å²) in [5.41, 5.74) is 5.37. The Balaban J connectivity index is 1.40. The predicted molar refractivity (Wildman–Crippen MR) is 107 cm³/mol. The van der Waals surface area contributed by atoms with Gasteiger partial charge in [-0.25, -0.2) is 4.79 Å². The van der Waals surface area contributed by atoms with Crippen molar-refractivity contribution in [2.75, 3.05) is 0 Å². The standard InChI is InChI=1S/C23H19N3O3/c1-14-6-4-7-15(12-14)22-26-25-20(29-22)13-28-23(27)21-16-8-2-3-10-18(16)24-19-11-5-9-17(19)21/h2-4,6-8,10,12H,5,9,11,13H2,1H3. The fraction of sp³-hybridized carbons (Fsp3) is 0.217. The fourth-order valence-corrected chi connectivity index (χ4v) is 3.85. The van der Waals surface area contributed by atoms with Gasteiger partial charge in [-0.05, 0) is 49.9 Å². The van der Waals surface area contributed by atoms with Gasteiger partial charge in [0.15, 0.2) is 6.61 Å². The monoisotopic (exact) mass is 385 g/mol. The van der Waals surface area contributed by atoms with Gasteiger partial charge in [-0.1, -0.05) is 35.9 Å². The second-order valence-electron chi connectivity index (χ2n) is 7.23. The number of ether oxygens (including phenoxy) is 1. The fourth-order valence-electron chi connectivity index (χ4n) is 3.85. The van der Waals surface area contributed by atoms with Crippen LogP contribution in [0.3, 0.4) is 0 Å². The molecule has 1 aliphatic rings. The topological polar surface area (TPSA) is 78.1 Å². The molecule has 6 nitrogen and oxygen atoms in total. The number of hydrogen-bond donors (Lipinski definition) is 0. The van der Waals surface area contributed by atoms with E-state index in [0.717, 1.165) is 52.5 Å². The third kappa shape index (κ3) is 3.27. The maximum Gasteiger partial charge on any atom is 0.339 e. The van der Waals surface area contributed by atoms with Gasteiger partial charge in [0, 0.05) is 16.6 Å². The Kier molecular flexibility index (Phi) is 4.31. The Morgan fingerprint density at radius 3 is 2.90 bits per heavy atom. The van der Waals surface area contributed by atoms with E-state index in [1.54, 1.807) is 0 Å². The van der Waals surface area contributed by atoms with E-state index in [0.29, 0.717) is 11.5 Å². The zero-order valence-corrected chi connectivity index (χ0v) is 16.0. The molecule has 0 amide bonds. The Bertz CT molecular complexity index is 1230. The predicted octanol–water partition coefficient (Wildman–Crippen LogP) is 4.44. The van der Waals surface area contributed by atoms with E-state index in [1.165, 1.54) is 0 Å².